The molecule has 4 nitrogen and oxygen atoms in total. The quantitative estimate of drug-likeness (QED) is 0.149. The summed E-state index contributed by atoms with van der Waals surface area (Å²) in [7, 11) is 0. The predicted octanol–water partition coefficient (Wildman–Crippen LogP) is 2.79. The number of thiol groups is 4. The van der Waals surface area contributed by atoms with Gasteiger partial charge < -0.3 is 19.7 Å². The average Bonchev–Trinajstić information content (AvgIpc) is 2.62. The van der Waals surface area contributed by atoms with Crippen molar-refractivity contribution in [2.24, 2.45) is 5.41 Å². The molecule has 0 saturated carbocycles. The summed E-state index contributed by atoms with van der Waals surface area (Å²) in [4.78, 5) is 0. The molecule has 25 heavy (non-hydrogen) atoms. The molecule has 152 valence electrons. The summed E-state index contributed by atoms with van der Waals surface area (Å²) in [6.07, 6.45) is 2.93. The van der Waals surface area contributed by atoms with E-state index in [0.717, 1.165) is 37.2 Å². The van der Waals surface area contributed by atoms with Gasteiger partial charge in [-0.2, -0.15) is 50.5 Å². The van der Waals surface area contributed by atoms with Crippen molar-refractivity contribution in [3.8, 4) is 0 Å². The zero-order chi connectivity index (χ0) is 19.0. The molecule has 0 bridgehead atoms. The number of hydrogen-bond acceptors (Lipinski definition) is 8. The lowest BCUT2D eigenvalue weighted by Crippen LogP contribution is -2.52. The molecule has 0 saturated heterocycles. The molecular weight excluding hydrogens is 396 g/mol. The molecule has 0 aliphatic heterocycles. The van der Waals surface area contributed by atoms with Gasteiger partial charge in [0.15, 0.2) is 0 Å². The van der Waals surface area contributed by atoms with E-state index in [1.807, 2.05) is 0 Å². The minimum Gasteiger partial charge on any atom is -0.392 e. The van der Waals surface area contributed by atoms with E-state index in [2.05, 4.69) is 50.5 Å². The Morgan fingerprint density at radius 1 is 0.640 bits per heavy atom. The lowest BCUT2D eigenvalue weighted by molar-refractivity contribution is -0.153. The normalized spacial score (nSPS) is 14.6. The van der Waals surface area contributed by atoms with Gasteiger partial charge in [-0.1, -0.05) is 0 Å². The molecule has 8 heteroatoms. The maximum Gasteiger partial charge on any atom is 0.0688 e. The van der Waals surface area contributed by atoms with Crippen molar-refractivity contribution in [2.75, 3.05) is 49.4 Å². The van der Waals surface area contributed by atoms with E-state index in [4.69, 9.17) is 9.47 Å². The molecule has 0 spiro atoms. The second-order valence-electron chi connectivity index (χ2n) is 6.26. The van der Waals surface area contributed by atoms with Crippen LogP contribution in [0.3, 0.4) is 0 Å². The van der Waals surface area contributed by atoms with Crippen LogP contribution in [0, 0.1) is 5.41 Å². The number of aliphatic hydroxyl groups is 2. The van der Waals surface area contributed by atoms with Crippen LogP contribution in [0.1, 0.15) is 38.5 Å². The van der Waals surface area contributed by atoms with Gasteiger partial charge in [-0.05, 0) is 61.5 Å². The number of aliphatic hydroxyl groups excluding tert-OH is 2. The van der Waals surface area contributed by atoms with Gasteiger partial charge in [0.25, 0.3) is 0 Å². The summed E-state index contributed by atoms with van der Waals surface area (Å²) in [6, 6.07) is 0. The number of ether oxygens (including phenoxy) is 2. The van der Waals surface area contributed by atoms with Crippen molar-refractivity contribution in [3.63, 3.8) is 0 Å². The lowest BCUT2D eigenvalue weighted by Gasteiger charge is -2.41. The zero-order valence-corrected chi connectivity index (χ0v) is 18.6. The van der Waals surface area contributed by atoms with E-state index < -0.39 is 17.6 Å². The van der Waals surface area contributed by atoms with Crippen LogP contribution in [0.5, 0.6) is 0 Å². The Bertz CT molecular complexity index is 270. The molecule has 0 heterocycles. The van der Waals surface area contributed by atoms with E-state index in [1.165, 1.54) is 0 Å². The lowest BCUT2D eigenvalue weighted by atomic mass is 9.74. The first-order valence-electron chi connectivity index (χ1n) is 9.04. The van der Waals surface area contributed by atoms with E-state index >= 15 is 0 Å². The fourth-order valence-corrected chi connectivity index (χ4v) is 3.27. The molecule has 2 unspecified atom stereocenters. The number of hydrogen-bond donors (Lipinski definition) is 6. The first kappa shape index (κ1) is 26.2. The van der Waals surface area contributed by atoms with Crippen molar-refractivity contribution in [2.45, 2.75) is 50.7 Å². The van der Waals surface area contributed by atoms with Gasteiger partial charge in [0.1, 0.15) is 0 Å². The first-order valence-corrected chi connectivity index (χ1v) is 11.6. The Kier molecular flexibility index (Phi) is 18.2. The summed E-state index contributed by atoms with van der Waals surface area (Å²) in [6.45, 7) is 1.65. The maximum absolute atomic E-state index is 10.9. The largest absolute Gasteiger partial charge is 0.392 e. The molecule has 0 aliphatic carbocycles. The van der Waals surface area contributed by atoms with Crippen LogP contribution in [0.4, 0.5) is 0 Å². The second-order valence-corrected chi connectivity index (χ2v) is 8.04. The Morgan fingerprint density at radius 3 is 1.32 bits per heavy atom. The molecular formula is C17H36O4S4. The van der Waals surface area contributed by atoms with Crippen LogP contribution in [0.15, 0.2) is 0 Å². The van der Waals surface area contributed by atoms with E-state index in [-0.39, 0.29) is 13.2 Å². The predicted molar refractivity (Wildman–Crippen MR) is 119 cm³/mol. The summed E-state index contributed by atoms with van der Waals surface area (Å²) < 4.78 is 11.6. The van der Waals surface area contributed by atoms with Crippen LogP contribution in [-0.2, 0) is 9.47 Å². The summed E-state index contributed by atoms with van der Waals surface area (Å²) in [5.41, 5.74) is -0.834. The highest BCUT2D eigenvalue weighted by molar-refractivity contribution is 7.80. The number of rotatable bonds is 18. The van der Waals surface area contributed by atoms with Crippen LogP contribution >= 0.6 is 50.5 Å². The van der Waals surface area contributed by atoms with Crippen molar-refractivity contribution in [1.29, 1.82) is 0 Å². The van der Waals surface area contributed by atoms with Gasteiger partial charge in [-0.15, -0.1) is 0 Å². The highest BCUT2D eigenvalue weighted by Gasteiger charge is 2.44. The molecule has 0 amide bonds. The Balaban J connectivity index is 5.11. The smallest absolute Gasteiger partial charge is 0.0688 e. The minimum atomic E-state index is -0.834. The Hall–Kier alpha value is 1.24. The summed E-state index contributed by atoms with van der Waals surface area (Å²) in [5, 5.41) is 21.7. The second kappa shape index (κ2) is 17.3. The SMILES string of the molecule is OC(CCCS)C(COCCCS)(COCCCS)C(O)CCCS. The van der Waals surface area contributed by atoms with E-state index in [9.17, 15) is 10.2 Å². The third-order valence-electron chi connectivity index (χ3n) is 4.23. The van der Waals surface area contributed by atoms with E-state index in [1.54, 1.807) is 0 Å². The summed E-state index contributed by atoms with van der Waals surface area (Å²) >= 11 is 16.8. The molecule has 0 radical (unpaired) electrons. The van der Waals surface area contributed by atoms with Gasteiger partial charge in [-0.25, -0.2) is 0 Å². The van der Waals surface area contributed by atoms with Crippen molar-refractivity contribution >= 4 is 50.5 Å². The monoisotopic (exact) mass is 432 g/mol. The van der Waals surface area contributed by atoms with Crippen LogP contribution in [0.2, 0.25) is 0 Å². The van der Waals surface area contributed by atoms with E-state index in [0.29, 0.717) is 37.6 Å². The van der Waals surface area contributed by atoms with Gasteiger partial charge in [0.05, 0.1) is 30.8 Å². The van der Waals surface area contributed by atoms with Gasteiger partial charge in [0, 0.05) is 13.2 Å². The average molecular weight is 433 g/mol. The third kappa shape index (κ3) is 11.0. The fourth-order valence-electron chi connectivity index (χ4n) is 2.65. The fraction of sp³-hybridized carbons (Fsp3) is 1.00. The molecule has 0 aromatic rings. The molecule has 0 aliphatic rings. The molecule has 0 aromatic heterocycles. The minimum absolute atomic E-state index is 0.267. The van der Waals surface area contributed by atoms with Crippen LogP contribution in [-0.4, -0.2) is 71.9 Å². The van der Waals surface area contributed by atoms with Gasteiger partial charge in [0.2, 0.25) is 0 Å². The molecule has 0 fully saturated rings. The van der Waals surface area contributed by atoms with Crippen LogP contribution < -0.4 is 0 Å². The third-order valence-corrected chi connectivity index (χ3v) is 5.50. The van der Waals surface area contributed by atoms with Crippen molar-refractivity contribution in [3.05, 3.63) is 0 Å². The maximum atomic E-state index is 10.9. The zero-order valence-electron chi connectivity index (χ0n) is 15.1. The summed E-state index contributed by atoms with van der Waals surface area (Å²) in [5.74, 6) is 2.88. The van der Waals surface area contributed by atoms with Crippen molar-refractivity contribution < 1.29 is 19.7 Å². The highest BCUT2D eigenvalue weighted by Crippen LogP contribution is 2.34. The van der Waals surface area contributed by atoms with Crippen molar-refractivity contribution in [1.82, 2.24) is 0 Å². The highest BCUT2D eigenvalue weighted by atomic mass is 32.1. The standard InChI is InChI=1S/C17H36O4S4/c18-15(5-1-9-22)17(13-20-7-3-11-24,14-21-8-4-12-25)16(19)6-2-10-23/h15-16,18-19,22-25H,1-14H2. The molecule has 0 rings (SSSR count). The molecule has 2 N–H and O–H groups in total. The Morgan fingerprint density at radius 2 is 1.00 bits per heavy atom. The van der Waals surface area contributed by atoms with Gasteiger partial charge in [-0.3, -0.25) is 0 Å². The molecule has 0 aromatic carbocycles. The van der Waals surface area contributed by atoms with Crippen LogP contribution in [0.25, 0.3) is 0 Å². The first-order chi connectivity index (χ1) is 12.1. The van der Waals surface area contributed by atoms with Gasteiger partial charge >= 0.3 is 0 Å². The Labute approximate surface area is 175 Å². The topological polar surface area (TPSA) is 58.9 Å². The molecule has 2 atom stereocenters.